The zero-order valence-corrected chi connectivity index (χ0v) is 6.07. The van der Waals surface area contributed by atoms with Crippen molar-refractivity contribution in [3.63, 3.8) is 0 Å². The molecule has 1 heterocycles. The zero-order chi connectivity index (χ0) is 6.85. The monoisotopic (exact) mass is 123 g/mol. The predicted octanol–water partition coefficient (Wildman–Crippen LogP) is 2.03. The standard InChI is InChI=1S/C8H13N/c1-6-4-7(2)8(3)9-5-6/h5,7,9H,3-4H2,1-2H3. The Labute approximate surface area is 56.5 Å². The van der Waals surface area contributed by atoms with Crippen LogP contribution >= 0.6 is 0 Å². The van der Waals surface area contributed by atoms with E-state index >= 15 is 0 Å². The van der Waals surface area contributed by atoms with Crippen LogP contribution in [0.5, 0.6) is 0 Å². The summed E-state index contributed by atoms with van der Waals surface area (Å²) in [7, 11) is 0. The lowest BCUT2D eigenvalue weighted by atomic mass is 9.97. The average molecular weight is 123 g/mol. The van der Waals surface area contributed by atoms with Gasteiger partial charge in [-0.2, -0.15) is 0 Å². The zero-order valence-electron chi connectivity index (χ0n) is 6.07. The van der Waals surface area contributed by atoms with Crippen LogP contribution in [0.15, 0.2) is 24.0 Å². The SMILES string of the molecule is C=C1NC=C(C)CC1C. The molecular weight excluding hydrogens is 110 g/mol. The quantitative estimate of drug-likeness (QED) is 0.519. The molecule has 1 N–H and O–H groups in total. The molecule has 0 saturated carbocycles. The summed E-state index contributed by atoms with van der Waals surface area (Å²) in [5, 5.41) is 3.12. The second kappa shape index (κ2) is 2.26. The first-order valence-corrected chi connectivity index (χ1v) is 3.31. The Kier molecular flexibility index (Phi) is 1.60. The molecule has 0 saturated heterocycles. The molecule has 0 amide bonds. The van der Waals surface area contributed by atoms with Crippen molar-refractivity contribution in [2.75, 3.05) is 0 Å². The van der Waals surface area contributed by atoms with E-state index in [-0.39, 0.29) is 0 Å². The molecule has 1 atom stereocenters. The minimum atomic E-state index is 0.606. The lowest BCUT2D eigenvalue weighted by molar-refractivity contribution is 0.609. The molecule has 0 aromatic carbocycles. The van der Waals surface area contributed by atoms with Crippen molar-refractivity contribution >= 4 is 0 Å². The fourth-order valence-electron chi connectivity index (χ4n) is 1.02. The molecule has 0 aromatic rings. The van der Waals surface area contributed by atoms with Gasteiger partial charge in [-0.05, 0) is 25.5 Å². The molecule has 0 aromatic heterocycles. The molecule has 50 valence electrons. The smallest absolute Gasteiger partial charge is 0.0105 e. The highest BCUT2D eigenvalue weighted by Crippen LogP contribution is 2.19. The molecule has 0 fully saturated rings. The molecular formula is C8H13N. The Balaban J connectivity index is 2.65. The van der Waals surface area contributed by atoms with Gasteiger partial charge >= 0.3 is 0 Å². The summed E-state index contributed by atoms with van der Waals surface area (Å²) >= 11 is 0. The first-order chi connectivity index (χ1) is 4.20. The second-order valence-electron chi connectivity index (χ2n) is 2.77. The maximum atomic E-state index is 3.87. The van der Waals surface area contributed by atoms with Crippen molar-refractivity contribution in [1.29, 1.82) is 0 Å². The van der Waals surface area contributed by atoms with E-state index in [1.165, 1.54) is 5.57 Å². The van der Waals surface area contributed by atoms with Gasteiger partial charge in [0.1, 0.15) is 0 Å². The van der Waals surface area contributed by atoms with Gasteiger partial charge in [0.15, 0.2) is 0 Å². The van der Waals surface area contributed by atoms with Crippen LogP contribution in [-0.4, -0.2) is 0 Å². The van der Waals surface area contributed by atoms with Gasteiger partial charge in [-0.3, -0.25) is 0 Å². The van der Waals surface area contributed by atoms with Gasteiger partial charge < -0.3 is 5.32 Å². The van der Waals surface area contributed by atoms with Crippen molar-refractivity contribution in [1.82, 2.24) is 5.32 Å². The summed E-state index contributed by atoms with van der Waals surface area (Å²) in [6.45, 7) is 8.20. The molecule has 1 nitrogen and oxygen atoms in total. The van der Waals surface area contributed by atoms with Crippen molar-refractivity contribution in [2.24, 2.45) is 5.92 Å². The lowest BCUT2D eigenvalue weighted by Crippen LogP contribution is -2.17. The highest BCUT2D eigenvalue weighted by Gasteiger charge is 2.09. The topological polar surface area (TPSA) is 12.0 Å². The van der Waals surface area contributed by atoms with E-state index in [1.807, 2.05) is 6.20 Å². The maximum absolute atomic E-state index is 3.87. The Morgan fingerprint density at radius 1 is 1.78 bits per heavy atom. The van der Waals surface area contributed by atoms with Crippen LogP contribution in [-0.2, 0) is 0 Å². The van der Waals surface area contributed by atoms with Gasteiger partial charge in [0, 0.05) is 5.70 Å². The Hall–Kier alpha value is -0.720. The van der Waals surface area contributed by atoms with E-state index < -0.39 is 0 Å². The molecule has 9 heavy (non-hydrogen) atoms. The molecule has 1 rings (SSSR count). The molecule has 1 aliphatic rings. The number of allylic oxidation sites excluding steroid dienone is 2. The third kappa shape index (κ3) is 1.35. The number of hydrogen-bond donors (Lipinski definition) is 1. The Bertz CT molecular complexity index is 156. The van der Waals surface area contributed by atoms with E-state index in [9.17, 15) is 0 Å². The molecule has 0 spiro atoms. The first kappa shape index (κ1) is 6.40. The minimum Gasteiger partial charge on any atom is -0.365 e. The summed E-state index contributed by atoms with van der Waals surface area (Å²) in [5.41, 5.74) is 2.55. The molecule has 1 aliphatic heterocycles. The van der Waals surface area contributed by atoms with Crippen LogP contribution in [0.3, 0.4) is 0 Å². The van der Waals surface area contributed by atoms with Gasteiger partial charge in [-0.15, -0.1) is 0 Å². The van der Waals surface area contributed by atoms with Gasteiger partial charge in [-0.25, -0.2) is 0 Å². The summed E-state index contributed by atoms with van der Waals surface area (Å²) in [6.07, 6.45) is 3.19. The predicted molar refractivity (Wildman–Crippen MR) is 39.8 cm³/mol. The normalized spacial score (nSPS) is 27.1. The van der Waals surface area contributed by atoms with Crippen molar-refractivity contribution in [3.8, 4) is 0 Å². The lowest BCUT2D eigenvalue weighted by Gasteiger charge is -2.20. The fraction of sp³-hybridized carbons (Fsp3) is 0.500. The second-order valence-corrected chi connectivity index (χ2v) is 2.77. The minimum absolute atomic E-state index is 0.606. The average Bonchev–Trinajstić information content (AvgIpc) is 1.80. The van der Waals surface area contributed by atoms with Crippen LogP contribution in [0.1, 0.15) is 20.3 Å². The first-order valence-electron chi connectivity index (χ1n) is 3.31. The number of nitrogens with one attached hydrogen (secondary N) is 1. The van der Waals surface area contributed by atoms with Crippen LogP contribution in [0.2, 0.25) is 0 Å². The van der Waals surface area contributed by atoms with E-state index in [0.29, 0.717) is 5.92 Å². The maximum Gasteiger partial charge on any atom is 0.0105 e. The number of rotatable bonds is 0. The Morgan fingerprint density at radius 2 is 2.44 bits per heavy atom. The van der Waals surface area contributed by atoms with Crippen LogP contribution in [0.4, 0.5) is 0 Å². The van der Waals surface area contributed by atoms with Gasteiger partial charge in [0.25, 0.3) is 0 Å². The van der Waals surface area contributed by atoms with Gasteiger partial charge in [0.2, 0.25) is 0 Å². The van der Waals surface area contributed by atoms with Crippen LogP contribution in [0, 0.1) is 5.92 Å². The molecule has 0 aliphatic carbocycles. The van der Waals surface area contributed by atoms with Crippen molar-refractivity contribution in [2.45, 2.75) is 20.3 Å². The summed E-state index contributed by atoms with van der Waals surface area (Å²) in [5.74, 6) is 0.606. The summed E-state index contributed by atoms with van der Waals surface area (Å²) < 4.78 is 0. The molecule has 1 heteroatoms. The van der Waals surface area contributed by atoms with E-state index in [1.54, 1.807) is 0 Å². The molecule has 0 radical (unpaired) electrons. The summed E-state index contributed by atoms with van der Waals surface area (Å²) in [4.78, 5) is 0. The Morgan fingerprint density at radius 3 is 2.89 bits per heavy atom. The highest BCUT2D eigenvalue weighted by molar-refractivity contribution is 5.14. The third-order valence-electron chi connectivity index (χ3n) is 1.73. The van der Waals surface area contributed by atoms with Crippen LogP contribution < -0.4 is 5.32 Å². The van der Waals surface area contributed by atoms with Gasteiger partial charge in [0.05, 0.1) is 0 Å². The van der Waals surface area contributed by atoms with Gasteiger partial charge in [-0.1, -0.05) is 19.1 Å². The summed E-state index contributed by atoms with van der Waals surface area (Å²) in [6, 6.07) is 0. The highest BCUT2D eigenvalue weighted by atomic mass is 14.9. The molecule has 1 unspecified atom stereocenters. The van der Waals surface area contributed by atoms with Crippen molar-refractivity contribution in [3.05, 3.63) is 24.0 Å². The largest absolute Gasteiger partial charge is 0.365 e. The fourth-order valence-corrected chi connectivity index (χ4v) is 1.02. The molecule has 0 bridgehead atoms. The third-order valence-corrected chi connectivity index (χ3v) is 1.73. The number of hydrogen-bond acceptors (Lipinski definition) is 1. The van der Waals surface area contributed by atoms with E-state index in [2.05, 4.69) is 25.7 Å². The van der Waals surface area contributed by atoms with E-state index in [4.69, 9.17) is 0 Å². The van der Waals surface area contributed by atoms with Crippen molar-refractivity contribution < 1.29 is 0 Å². The van der Waals surface area contributed by atoms with E-state index in [0.717, 1.165) is 12.1 Å². The van der Waals surface area contributed by atoms with Crippen LogP contribution in [0.25, 0.3) is 0 Å².